The summed E-state index contributed by atoms with van der Waals surface area (Å²) in [6.07, 6.45) is 8.91. The molecule has 4 nitrogen and oxygen atoms in total. The van der Waals surface area contributed by atoms with E-state index in [0.29, 0.717) is 0 Å². The molecule has 0 aromatic heterocycles. The Balaban J connectivity index is 1.10. The first-order chi connectivity index (χ1) is 32.7. The fourth-order valence-corrected chi connectivity index (χ4v) is 12.1. The minimum Gasteiger partial charge on any atom is -0.314 e. The summed E-state index contributed by atoms with van der Waals surface area (Å²) in [6.45, 7) is 0. The van der Waals surface area contributed by atoms with Crippen molar-refractivity contribution < 1.29 is 0 Å². The van der Waals surface area contributed by atoms with Crippen LogP contribution >= 0.6 is 0 Å². The molecule has 0 atom stereocenters. The Labute approximate surface area is 386 Å². The second kappa shape index (κ2) is 15.0. The highest BCUT2D eigenvalue weighted by atomic mass is 15.5. The highest BCUT2D eigenvalue weighted by Crippen LogP contribution is 2.58. The van der Waals surface area contributed by atoms with Crippen molar-refractivity contribution in [3.63, 3.8) is 0 Å². The van der Waals surface area contributed by atoms with Gasteiger partial charge in [0.15, 0.2) is 12.3 Å². The average Bonchev–Trinajstić information content (AvgIpc) is 3.88. The smallest absolute Gasteiger partial charge is 0.151 e. The fraction of sp³-hybridized carbons (Fsp3) is 0.161. The van der Waals surface area contributed by atoms with Crippen LogP contribution in [0.15, 0.2) is 194 Å². The van der Waals surface area contributed by atoms with Crippen LogP contribution in [-0.2, 0) is 25.7 Å². The lowest BCUT2D eigenvalue weighted by Crippen LogP contribution is -2.58. The van der Waals surface area contributed by atoms with E-state index in [4.69, 9.17) is 0 Å². The summed E-state index contributed by atoms with van der Waals surface area (Å²) in [6, 6.07) is 74.3. The van der Waals surface area contributed by atoms with Gasteiger partial charge in [-0.3, -0.25) is 0 Å². The van der Waals surface area contributed by atoms with Crippen LogP contribution in [0.4, 0.5) is 45.5 Å². The van der Waals surface area contributed by atoms with Crippen molar-refractivity contribution in [3.8, 4) is 0 Å². The molecule has 0 saturated heterocycles. The summed E-state index contributed by atoms with van der Waals surface area (Å²) in [5, 5.41) is 10.0. The van der Waals surface area contributed by atoms with Crippen molar-refractivity contribution in [2.75, 3.05) is 19.6 Å². The number of hydrogen-bond acceptors (Lipinski definition) is 4. The number of fused-ring (bicyclic) bond motifs is 8. The van der Waals surface area contributed by atoms with Crippen LogP contribution in [0.3, 0.4) is 0 Å². The third-order valence-electron chi connectivity index (χ3n) is 15.3. The molecule has 0 bridgehead atoms. The number of anilines is 8. The van der Waals surface area contributed by atoms with Crippen molar-refractivity contribution in [2.24, 2.45) is 0 Å². The van der Waals surface area contributed by atoms with Crippen LogP contribution in [0.25, 0.3) is 43.1 Å². The molecule has 318 valence electrons. The molecule has 0 spiro atoms. The zero-order chi connectivity index (χ0) is 43.3. The first kappa shape index (κ1) is 37.8. The molecule has 0 N–H and O–H groups in total. The van der Waals surface area contributed by atoms with Gasteiger partial charge >= 0.3 is 0 Å². The van der Waals surface area contributed by atoms with Gasteiger partial charge in [0.2, 0.25) is 0 Å². The summed E-state index contributed by atoms with van der Waals surface area (Å²) in [7, 11) is 0. The van der Waals surface area contributed by atoms with E-state index in [0.717, 1.165) is 25.7 Å². The van der Waals surface area contributed by atoms with Crippen molar-refractivity contribution >= 4 is 88.6 Å². The average molecular weight is 851 g/mol. The number of aryl methyl sites for hydroxylation is 4. The number of hydrogen-bond donors (Lipinski definition) is 0. The molecule has 0 unspecified atom stereocenters. The second-order valence-electron chi connectivity index (χ2n) is 19.1. The molecular weight excluding hydrogens is 801 g/mol. The van der Waals surface area contributed by atoms with Gasteiger partial charge < -0.3 is 19.6 Å². The quantitative estimate of drug-likeness (QED) is 0.171. The first-order valence-electron chi connectivity index (χ1n) is 24.1. The van der Waals surface area contributed by atoms with Crippen LogP contribution in [0.5, 0.6) is 0 Å². The van der Waals surface area contributed by atoms with E-state index in [2.05, 4.69) is 214 Å². The van der Waals surface area contributed by atoms with E-state index < -0.39 is 0 Å². The Morgan fingerprint density at radius 1 is 0.242 bits per heavy atom. The van der Waals surface area contributed by atoms with Gasteiger partial charge in [0.05, 0.1) is 22.7 Å². The molecule has 0 saturated carbocycles. The molecule has 4 aliphatic rings. The minimum atomic E-state index is -0.228. The standard InChI is InChI=1S/C62H50N4/c1-5-17-45-33-53(29-25-41(45)13-1)63-57-37-49-21-9-10-22-50(49)38-58(57)64(54-30-26-42-14-2-6-18-46(42)34-54)61(63)62-65(55-31-27-43-15-3-7-19-47(43)35-55)59-39-51-23-11-12-24-52(51)40-60(59)66(62)56-32-28-44-16-4-8-20-48(44)36-56/h1-8,13-20,25-40,61-62H,9-12,21-24H2. The van der Waals surface area contributed by atoms with Crippen molar-refractivity contribution in [1.82, 2.24) is 0 Å². The Morgan fingerprint density at radius 2 is 0.470 bits per heavy atom. The highest BCUT2D eigenvalue weighted by Gasteiger charge is 2.52. The molecule has 2 aliphatic heterocycles. The predicted molar refractivity (Wildman–Crippen MR) is 278 cm³/mol. The van der Waals surface area contributed by atoms with Gasteiger partial charge in [0, 0.05) is 22.7 Å². The Kier molecular flexibility index (Phi) is 8.59. The van der Waals surface area contributed by atoms with Crippen LogP contribution < -0.4 is 19.6 Å². The number of nitrogens with zero attached hydrogens (tertiary/aromatic N) is 4. The first-order valence-corrected chi connectivity index (χ1v) is 24.1. The number of rotatable bonds is 5. The molecule has 4 heteroatoms. The van der Waals surface area contributed by atoms with Crippen molar-refractivity contribution in [2.45, 2.75) is 63.7 Å². The highest BCUT2D eigenvalue weighted by molar-refractivity contribution is 6.00. The molecule has 2 aliphatic carbocycles. The Hall–Kier alpha value is -7.56. The molecular formula is C62H50N4. The molecule has 10 aromatic rings. The largest absolute Gasteiger partial charge is 0.314 e. The van der Waals surface area contributed by atoms with E-state index >= 15 is 0 Å². The van der Waals surface area contributed by atoms with E-state index in [1.54, 1.807) is 0 Å². The lowest BCUT2D eigenvalue weighted by Gasteiger charge is -2.44. The van der Waals surface area contributed by atoms with Crippen LogP contribution in [0.2, 0.25) is 0 Å². The molecule has 66 heavy (non-hydrogen) atoms. The topological polar surface area (TPSA) is 13.0 Å². The Morgan fingerprint density at radius 3 is 0.712 bits per heavy atom. The summed E-state index contributed by atoms with van der Waals surface area (Å²) in [5.41, 5.74) is 15.9. The minimum absolute atomic E-state index is 0.228. The molecule has 10 aromatic carbocycles. The monoisotopic (exact) mass is 850 g/mol. The maximum Gasteiger partial charge on any atom is 0.151 e. The van der Waals surface area contributed by atoms with Crippen molar-refractivity contribution in [1.29, 1.82) is 0 Å². The van der Waals surface area contributed by atoms with E-state index in [1.807, 2.05) is 0 Å². The van der Waals surface area contributed by atoms with Gasteiger partial charge in [-0.05, 0) is 190 Å². The fourth-order valence-electron chi connectivity index (χ4n) is 12.1. The lowest BCUT2D eigenvalue weighted by molar-refractivity contribution is 0.550. The third kappa shape index (κ3) is 5.97. The van der Waals surface area contributed by atoms with Gasteiger partial charge in [0.25, 0.3) is 0 Å². The third-order valence-corrected chi connectivity index (χ3v) is 15.3. The maximum atomic E-state index is 2.73. The van der Waals surface area contributed by atoms with Gasteiger partial charge in [-0.15, -0.1) is 0 Å². The summed E-state index contributed by atoms with van der Waals surface area (Å²) in [5.74, 6) is 0. The lowest BCUT2D eigenvalue weighted by atomic mass is 9.90. The Bertz CT molecular complexity index is 3100. The second-order valence-corrected chi connectivity index (χ2v) is 19.1. The molecule has 0 amide bonds. The van der Waals surface area contributed by atoms with Gasteiger partial charge in [-0.25, -0.2) is 0 Å². The van der Waals surface area contributed by atoms with Crippen LogP contribution in [-0.4, -0.2) is 12.3 Å². The summed E-state index contributed by atoms with van der Waals surface area (Å²) >= 11 is 0. The van der Waals surface area contributed by atoms with Crippen LogP contribution in [0, 0.1) is 0 Å². The van der Waals surface area contributed by atoms with E-state index in [-0.39, 0.29) is 12.3 Å². The zero-order valence-corrected chi connectivity index (χ0v) is 37.1. The predicted octanol–water partition coefficient (Wildman–Crippen LogP) is 16.0. The number of benzene rings is 10. The van der Waals surface area contributed by atoms with Crippen molar-refractivity contribution in [3.05, 3.63) is 216 Å². The molecule has 0 fully saturated rings. The normalized spacial score (nSPS) is 16.1. The van der Waals surface area contributed by atoms with Gasteiger partial charge in [-0.1, -0.05) is 121 Å². The molecule has 2 heterocycles. The summed E-state index contributed by atoms with van der Waals surface area (Å²) < 4.78 is 0. The maximum absolute atomic E-state index is 2.73. The van der Waals surface area contributed by atoms with E-state index in [1.165, 1.54) is 137 Å². The van der Waals surface area contributed by atoms with Gasteiger partial charge in [-0.2, -0.15) is 0 Å². The summed E-state index contributed by atoms with van der Waals surface area (Å²) in [4.78, 5) is 10.9. The molecule has 14 rings (SSSR count). The van der Waals surface area contributed by atoms with E-state index in [9.17, 15) is 0 Å². The van der Waals surface area contributed by atoms with Crippen LogP contribution in [0.1, 0.15) is 47.9 Å². The zero-order valence-electron chi connectivity index (χ0n) is 37.1. The molecule has 0 radical (unpaired) electrons. The van der Waals surface area contributed by atoms with Gasteiger partial charge in [0.1, 0.15) is 0 Å². The SMILES string of the molecule is c1ccc2cc(N3c4cc5c(cc4N(c4ccc6ccccc6c4)C3C3N(c4ccc6ccccc6c4)c4cc6c(cc4N3c3ccc4ccccc4c3)CCCC6)CCCC5)ccc2c1.